The Bertz CT molecular complexity index is 882. The van der Waals surface area contributed by atoms with Crippen molar-refractivity contribution in [2.24, 2.45) is 0 Å². The zero-order chi connectivity index (χ0) is 18.2. The van der Waals surface area contributed by atoms with Gasteiger partial charge in [-0.15, -0.1) is 0 Å². The van der Waals surface area contributed by atoms with E-state index in [9.17, 15) is 13.2 Å². The second-order valence-corrected chi connectivity index (χ2v) is 8.57. The largest absolute Gasteiger partial charge is 0.456 e. The second kappa shape index (κ2) is 6.67. The van der Waals surface area contributed by atoms with Crippen molar-refractivity contribution in [3.63, 3.8) is 0 Å². The minimum Gasteiger partial charge on any atom is -0.456 e. The third kappa shape index (κ3) is 3.49. The summed E-state index contributed by atoms with van der Waals surface area (Å²) >= 11 is 0. The smallest absolute Gasteiger partial charge is 0.290 e. The van der Waals surface area contributed by atoms with E-state index in [0.29, 0.717) is 18.7 Å². The van der Waals surface area contributed by atoms with Gasteiger partial charge in [0.05, 0.1) is 23.7 Å². The number of hydrogen-bond acceptors (Lipinski definition) is 5. The van der Waals surface area contributed by atoms with Crippen LogP contribution >= 0.6 is 0 Å². The summed E-state index contributed by atoms with van der Waals surface area (Å²) in [5, 5.41) is 4.22. The van der Waals surface area contributed by atoms with Gasteiger partial charge < -0.3 is 9.32 Å². The molecule has 1 amide bonds. The van der Waals surface area contributed by atoms with Crippen LogP contribution in [0.3, 0.4) is 0 Å². The molecule has 136 valence electrons. The Morgan fingerprint density at radius 2 is 2.16 bits per heavy atom. The first-order valence-electron chi connectivity index (χ1n) is 8.47. The number of nitrogens with zero attached hydrogens (tertiary/aromatic N) is 3. The number of carbonyl (C=O) groups excluding carboxylic acids is 1. The van der Waals surface area contributed by atoms with Crippen LogP contribution in [0.5, 0.6) is 0 Å². The molecular formula is C17H23N3O4S. The molecule has 0 radical (unpaired) electrons. The molecule has 0 aliphatic carbocycles. The van der Waals surface area contributed by atoms with Crippen LogP contribution in [0.1, 0.15) is 47.3 Å². The molecule has 0 aromatic carbocycles. The highest BCUT2D eigenvalue weighted by Crippen LogP contribution is 2.29. The zero-order valence-corrected chi connectivity index (χ0v) is 15.5. The van der Waals surface area contributed by atoms with Crippen LogP contribution in [0.4, 0.5) is 0 Å². The van der Waals surface area contributed by atoms with E-state index in [1.807, 2.05) is 26.8 Å². The summed E-state index contributed by atoms with van der Waals surface area (Å²) in [6.07, 6.45) is 4.15. The molecule has 3 rings (SSSR count). The first-order chi connectivity index (χ1) is 11.8. The normalized spacial score (nSPS) is 20.0. The highest BCUT2D eigenvalue weighted by molar-refractivity contribution is 7.91. The van der Waals surface area contributed by atoms with Crippen LogP contribution in [0, 0.1) is 6.92 Å². The van der Waals surface area contributed by atoms with E-state index in [1.54, 1.807) is 22.0 Å². The van der Waals surface area contributed by atoms with Gasteiger partial charge in [0.1, 0.15) is 5.76 Å². The Kier molecular flexibility index (Phi) is 4.73. The van der Waals surface area contributed by atoms with Gasteiger partial charge in [0.25, 0.3) is 5.91 Å². The lowest BCUT2D eigenvalue weighted by Gasteiger charge is -2.34. The van der Waals surface area contributed by atoms with Crippen molar-refractivity contribution in [2.75, 3.05) is 18.1 Å². The van der Waals surface area contributed by atoms with Crippen LogP contribution in [-0.2, 0) is 22.8 Å². The van der Waals surface area contributed by atoms with E-state index >= 15 is 0 Å². The van der Waals surface area contributed by atoms with Crippen molar-refractivity contribution >= 4 is 15.7 Å². The van der Waals surface area contributed by atoms with E-state index in [1.165, 1.54) is 0 Å². The van der Waals surface area contributed by atoms with Gasteiger partial charge in [-0.1, -0.05) is 6.92 Å². The summed E-state index contributed by atoms with van der Waals surface area (Å²) in [6, 6.07) is 1.32. The predicted octanol–water partition coefficient (Wildman–Crippen LogP) is 1.98. The SMILES string of the molecule is CCc1cc(C)c(C(=O)N2CCS(=O)(=O)C[C@@H]2c2cnn(CC)c2)o1. The minimum atomic E-state index is -3.20. The molecule has 1 aliphatic heterocycles. The molecular weight excluding hydrogens is 342 g/mol. The van der Waals surface area contributed by atoms with Gasteiger partial charge in [-0.25, -0.2) is 8.42 Å². The molecule has 25 heavy (non-hydrogen) atoms. The molecule has 2 aromatic heterocycles. The molecule has 3 heterocycles. The van der Waals surface area contributed by atoms with Gasteiger partial charge in [0.2, 0.25) is 0 Å². The third-order valence-electron chi connectivity index (χ3n) is 4.57. The fourth-order valence-corrected chi connectivity index (χ4v) is 4.61. The fraction of sp³-hybridized carbons (Fsp3) is 0.529. The summed E-state index contributed by atoms with van der Waals surface area (Å²) in [4.78, 5) is 14.6. The number of rotatable bonds is 4. The second-order valence-electron chi connectivity index (χ2n) is 6.34. The van der Waals surface area contributed by atoms with E-state index in [2.05, 4.69) is 5.10 Å². The van der Waals surface area contributed by atoms with E-state index in [-0.39, 0.29) is 24.0 Å². The molecule has 1 aliphatic rings. The van der Waals surface area contributed by atoms with E-state index in [4.69, 9.17) is 4.42 Å². The lowest BCUT2D eigenvalue weighted by Crippen LogP contribution is -2.46. The number of hydrogen-bond donors (Lipinski definition) is 0. The van der Waals surface area contributed by atoms with Crippen LogP contribution in [0.15, 0.2) is 22.9 Å². The molecule has 1 fully saturated rings. The Morgan fingerprint density at radius 3 is 2.76 bits per heavy atom. The average molecular weight is 365 g/mol. The maximum Gasteiger partial charge on any atom is 0.290 e. The molecule has 0 spiro atoms. The number of furan rings is 1. The fourth-order valence-electron chi connectivity index (χ4n) is 3.12. The van der Waals surface area contributed by atoms with E-state index in [0.717, 1.165) is 16.9 Å². The van der Waals surface area contributed by atoms with Gasteiger partial charge in [-0.3, -0.25) is 9.48 Å². The maximum absolute atomic E-state index is 13.0. The lowest BCUT2D eigenvalue weighted by molar-refractivity contribution is 0.0662. The lowest BCUT2D eigenvalue weighted by atomic mass is 10.1. The monoisotopic (exact) mass is 365 g/mol. The molecule has 1 saturated heterocycles. The number of aryl methyl sites for hydroxylation is 3. The highest BCUT2D eigenvalue weighted by Gasteiger charge is 2.37. The molecule has 0 saturated carbocycles. The molecule has 8 heteroatoms. The number of aromatic nitrogens is 2. The van der Waals surface area contributed by atoms with Crippen LogP contribution in [0.25, 0.3) is 0 Å². The summed E-state index contributed by atoms with van der Waals surface area (Å²) < 4.78 is 31.7. The Balaban J connectivity index is 1.96. The van der Waals surface area contributed by atoms with Crippen molar-refractivity contribution in [1.82, 2.24) is 14.7 Å². The van der Waals surface area contributed by atoms with Crippen molar-refractivity contribution in [3.8, 4) is 0 Å². The quantitative estimate of drug-likeness (QED) is 0.827. The average Bonchev–Trinajstić information content (AvgIpc) is 3.19. The Morgan fingerprint density at radius 1 is 1.40 bits per heavy atom. The highest BCUT2D eigenvalue weighted by atomic mass is 32.2. The topological polar surface area (TPSA) is 85.4 Å². The van der Waals surface area contributed by atoms with Crippen molar-refractivity contribution < 1.29 is 17.6 Å². The Labute approximate surface area is 147 Å². The molecule has 7 nitrogen and oxygen atoms in total. The summed E-state index contributed by atoms with van der Waals surface area (Å²) in [5.41, 5.74) is 1.51. The number of carbonyl (C=O) groups is 1. The van der Waals surface area contributed by atoms with Crippen molar-refractivity contribution in [2.45, 2.75) is 39.8 Å². The molecule has 2 aromatic rings. The maximum atomic E-state index is 13.0. The standard InChI is InChI=1S/C17H23N3O4S/c1-4-14-8-12(3)16(24-14)17(21)20-6-7-25(22,23)11-15(20)13-9-18-19(5-2)10-13/h8-10,15H,4-7,11H2,1-3H3/t15-/m1/s1. The third-order valence-corrected chi connectivity index (χ3v) is 6.19. The first-order valence-corrected chi connectivity index (χ1v) is 10.3. The molecule has 0 bridgehead atoms. The van der Waals surface area contributed by atoms with Crippen LogP contribution in [-0.4, -0.2) is 47.1 Å². The summed E-state index contributed by atoms with van der Waals surface area (Å²) in [5.74, 6) is 0.665. The minimum absolute atomic E-state index is 0.0302. The van der Waals surface area contributed by atoms with E-state index < -0.39 is 15.9 Å². The van der Waals surface area contributed by atoms with Gasteiger partial charge >= 0.3 is 0 Å². The summed E-state index contributed by atoms with van der Waals surface area (Å²) in [6.45, 7) is 6.59. The van der Waals surface area contributed by atoms with Gasteiger partial charge in [-0.2, -0.15) is 5.10 Å². The van der Waals surface area contributed by atoms with Crippen LogP contribution < -0.4 is 0 Å². The molecule has 1 atom stereocenters. The first kappa shape index (κ1) is 17.7. The molecule has 0 unspecified atom stereocenters. The summed E-state index contributed by atoms with van der Waals surface area (Å²) in [7, 11) is -3.20. The van der Waals surface area contributed by atoms with Crippen molar-refractivity contribution in [3.05, 3.63) is 41.1 Å². The predicted molar refractivity (Wildman–Crippen MR) is 93.2 cm³/mol. The number of amides is 1. The zero-order valence-electron chi connectivity index (χ0n) is 14.7. The van der Waals surface area contributed by atoms with Gasteiger partial charge in [0.15, 0.2) is 15.6 Å². The molecule has 0 N–H and O–H groups in total. The van der Waals surface area contributed by atoms with Crippen molar-refractivity contribution in [1.29, 1.82) is 0 Å². The Hall–Kier alpha value is -2.09. The number of sulfone groups is 1. The van der Waals surface area contributed by atoms with Gasteiger partial charge in [0, 0.05) is 36.8 Å². The van der Waals surface area contributed by atoms with Gasteiger partial charge in [-0.05, 0) is 19.9 Å². The van der Waals surface area contributed by atoms with Crippen LogP contribution in [0.2, 0.25) is 0 Å².